The maximum absolute atomic E-state index is 10.4. The van der Waals surface area contributed by atoms with E-state index in [1.807, 2.05) is 19.9 Å². The average molecular weight is 423 g/mol. The first-order chi connectivity index (χ1) is 10.2. The Hall–Kier alpha value is -2.78. The second kappa shape index (κ2) is 8.61. The maximum atomic E-state index is 10.4. The van der Waals surface area contributed by atoms with Crippen LogP contribution in [0.2, 0.25) is 0 Å². The van der Waals surface area contributed by atoms with Crippen LogP contribution in [0.3, 0.4) is 0 Å². The molecule has 2 heterocycles. The Morgan fingerprint density at radius 1 is 0.696 bits per heavy atom. The number of hydrogen-bond donors (Lipinski definition) is 4. The van der Waals surface area contributed by atoms with E-state index < -0.39 is 45.8 Å². The van der Waals surface area contributed by atoms with Crippen molar-refractivity contribution in [2.24, 2.45) is 0 Å². The van der Waals surface area contributed by atoms with Gasteiger partial charge in [0.25, 0.3) is 11.1 Å². The normalized spacial score (nSPS) is 9.04. The molecule has 0 saturated carbocycles. The van der Waals surface area contributed by atoms with E-state index >= 15 is 0 Å². The van der Waals surface area contributed by atoms with Crippen LogP contribution in [0.15, 0.2) is 31.3 Å². The van der Waals surface area contributed by atoms with Gasteiger partial charge in [0.2, 0.25) is 0 Å². The van der Waals surface area contributed by atoms with Crippen LogP contribution in [0.1, 0.15) is 21.0 Å². The van der Waals surface area contributed by atoms with Gasteiger partial charge in [0.1, 0.15) is 0 Å². The molecule has 13 heteroatoms. The third-order valence-corrected chi connectivity index (χ3v) is 1.96. The van der Waals surface area contributed by atoms with Gasteiger partial charge in [-0.15, -0.1) is 0 Å². The Kier molecular flexibility index (Phi) is 7.57. The first kappa shape index (κ1) is 20.2. The molecule has 0 amide bonds. The molecule has 116 valence electrons. The number of aromatic amines is 4. The van der Waals surface area contributed by atoms with Gasteiger partial charge in [-0.3, -0.25) is 19.6 Å². The molecule has 0 aliphatic rings. The Balaban J connectivity index is 0.000000403. The summed E-state index contributed by atoms with van der Waals surface area (Å²) >= 11 is 0. The predicted octanol–water partition coefficient (Wildman–Crippen LogP) is -5.15. The molecule has 0 saturated heterocycles. The fraction of sp³-hybridized carbons (Fsp3) is 0. The van der Waals surface area contributed by atoms with E-state index in [0.29, 0.717) is 0 Å². The molecular formula is C10H6CdN4O8. The minimum absolute atomic E-state index is 0. The number of H-pyrrole nitrogens is 4. The molecule has 0 aliphatic heterocycles. The predicted molar refractivity (Wildman–Crippen MR) is 64.0 cm³/mol. The molecular weight excluding hydrogens is 417 g/mol. The van der Waals surface area contributed by atoms with Crippen LogP contribution in [0.5, 0.6) is 0 Å². The van der Waals surface area contributed by atoms with Crippen molar-refractivity contribution in [1.29, 1.82) is 0 Å². The number of carbonyl (C=O) groups excluding carboxylic acids is 2. The zero-order valence-electron chi connectivity index (χ0n) is 11.1. The van der Waals surface area contributed by atoms with Crippen LogP contribution < -0.4 is 32.7 Å². The number of aromatic nitrogens is 4. The number of carboxylic acids is 2. The zero-order valence-corrected chi connectivity index (χ0v) is 15.2. The molecule has 2 aromatic rings. The molecule has 0 atom stereocenters. The molecule has 2 aromatic heterocycles. The second-order valence-corrected chi connectivity index (χ2v) is 3.58. The Morgan fingerprint density at radius 2 is 1.00 bits per heavy atom. The summed E-state index contributed by atoms with van der Waals surface area (Å²) in [6.07, 6.45) is 0. The van der Waals surface area contributed by atoms with Gasteiger partial charge < -0.3 is 29.8 Å². The Labute approximate surface area is 144 Å². The van der Waals surface area contributed by atoms with Crippen LogP contribution in [0.25, 0.3) is 0 Å². The van der Waals surface area contributed by atoms with Crippen molar-refractivity contribution >= 4 is 11.9 Å². The number of nitrogens with one attached hydrogen (secondary N) is 4. The van der Waals surface area contributed by atoms with E-state index in [1.54, 1.807) is 0 Å². The largest absolute Gasteiger partial charge is 2.00 e. The number of hydrogen-bond acceptors (Lipinski definition) is 8. The van der Waals surface area contributed by atoms with E-state index in [1.165, 1.54) is 0 Å². The standard InChI is InChI=1S/2C5H4N2O4.Cd/c2*8-3-1-2(4(9)10)6-5(11)7-3;/h2*1H,(H,9,10)(H2,6,7,8,11);/q;;+2/p-2. The summed E-state index contributed by atoms with van der Waals surface area (Å²) in [6.45, 7) is 0. The summed E-state index contributed by atoms with van der Waals surface area (Å²) in [6, 6.07) is 1.47. The van der Waals surface area contributed by atoms with Gasteiger partial charge in [-0.2, -0.15) is 0 Å². The summed E-state index contributed by atoms with van der Waals surface area (Å²) in [5.41, 5.74) is -4.33. The average Bonchev–Trinajstić information content (AvgIpc) is 2.37. The van der Waals surface area contributed by atoms with Crippen molar-refractivity contribution in [1.82, 2.24) is 19.9 Å². The fourth-order valence-electron chi connectivity index (χ4n) is 1.16. The smallest absolute Gasteiger partial charge is 0.543 e. The van der Waals surface area contributed by atoms with E-state index in [-0.39, 0.29) is 27.3 Å². The number of aromatic carboxylic acids is 2. The molecule has 0 bridgehead atoms. The quantitative estimate of drug-likeness (QED) is 0.343. The molecule has 0 aliphatic carbocycles. The third-order valence-electron chi connectivity index (χ3n) is 1.96. The van der Waals surface area contributed by atoms with Crippen LogP contribution in [0.4, 0.5) is 0 Å². The molecule has 0 unspecified atom stereocenters. The van der Waals surface area contributed by atoms with Gasteiger partial charge in [-0.05, 0) is 0 Å². The van der Waals surface area contributed by atoms with Gasteiger partial charge >= 0.3 is 38.7 Å². The topological polar surface area (TPSA) is 212 Å². The van der Waals surface area contributed by atoms with Gasteiger partial charge in [-0.25, -0.2) is 9.59 Å². The second-order valence-electron chi connectivity index (χ2n) is 3.58. The minimum atomic E-state index is -1.59. The van der Waals surface area contributed by atoms with Crippen molar-refractivity contribution in [3.63, 3.8) is 0 Å². The van der Waals surface area contributed by atoms with Gasteiger partial charge in [0.05, 0.1) is 23.3 Å². The summed E-state index contributed by atoms with van der Waals surface area (Å²) in [4.78, 5) is 69.2. The van der Waals surface area contributed by atoms with Crippen molar-refractivity contribution in [2.45, 2.75) is 0 Å². The summed E-state index contributed by atoms with van der Waals surface area (Å²) in [7, 11) is 0. The van der Waals surface area contributed by atoms with Crippen LogP contribution >= 0.6 is 0 Å². The Bertz CT molecular complexity index is 803. The van der Waals surface area contributed by atoms with Crippen molar-refractivity contribution < 1.29 is 47.1 Å². The fourth-order valence-corrected chi connectivity index (χ4v) is 1.16. The third kappa shape index (κ3) is 6.68. The van der Waals surface area contributed by atoms with Crippen LogP contribution in [-0.2, 0) is 27.3 Å². The number of carbonyl (C=O) groups is 2. The van der Waals surface area contributed by atoms with E-state index in [9.17, 15) is 39.0 Å². The molecule has 4 N–H and O–H groups in total. The maximum Gasteiger partial charge on any atom is 2.00 e. The monoisotopic (exact) mass is 424 g/mol. The first-order valence-corrected chi connectivity index (χ1v) is 5.29. The van der Waals surface area contributed by atoms with E-state index in [4.69, 9.17) is 0 Å². The minimum Gasteiger partial charge on any atom is -0.543 e. The van der Waals surface area contributed by atoms with E-state index in [0.717, 1.165) is 12.1 Å². The van der Waals surface area contributed by atoms with Crippen LogP contribution in [0, 0.1) is 0 Å². The molecule has 2 rings (SSSR count). The van der Waals surface area contributed by atoms with Crippen molar-refractivity contribution in [3.8, 4) is 0 Å². The molecule has 0 fully saturated rings. The summed E-state index contributed by atoms with van der Waals surface area (Å²) in [5.74, 6) is -3.18. The van der Waals surface area contributed by atoms with Crippen LogP contribution in [-0.4, -0.2) is 31.9 Å². The Morgan fingerprint density at radius 3 is 1.22 bits per heavy atom. The molecule has 23 heavy (non-hydrogen) atoms. The SMILES string of the molecule is O=C([O-])c1cc(=O)[nH]c(=O)[nH]1.O=C([O-])c1cc(=O)[nH]c(=O)[nH]1.[Cd+2]. The van der Waals surface area contributed by atoms with Gasteiger partial charge in [0, 0.05) is 12.1 Å². The van der Waals surface area contributed by atoms with Crippen molar-refractivity contribution in [3.05, 3.63) is 65.2 Å². The zero-order chi connectivity index (χ0) is 16.9. The first-order valence-electron chi connectivity index (χ1n) is 5.29. The van der Waals surface area contributed by atoms with E-state index in [2.05, 4.69) is 0 Å². The number of carboxylic acid groups (broad SMARTS) is 2. The molecule has 0 radical (unpaired) electrons. The molecule has 0 spiro atoms. The van der Waals surface area contributed by atoms with Gasteiger partial charge in [-0.1, -0.05) is 0 Å². The summed E-state index contributed by atoms with van der Waals surface area (Å²) in [5, 5.41) is 20.1. The molecule has 12 nitrogen and oxygen atoms in total. The van der Waals surface area contributed by atoms with Crippen molar-refractivity contribution in [2.75, 3.05) is 0 Å². The number of rotatable bonds is 2. The van der Waals surface area contributed by atoms with Gasteiger partial charge in [0.15, 0.2) is 0 Å². The molecule has 0 aromatic carbocycles. The summed E-state index contributed by atoms with van der Waals surface area (Å²) < 4.78 is 0.